The molecular weight excluding hydrogens is 272 g/mol. The van der Waals surface area contributed by atoms with Crippen LogP contribution in [-0.4, -0.2) is 42.0 Å². The van der Waals surface area contributed by atoms with Gasteiger partial charge in [0.05, 0.1) is 5.69 Å². The number of pyridine rings is 1. The van der Waals surface area contributed by atoms with E-state index in [2.05, 4.69) is 29.0 Å². The molecule has 0 fully saturated rings. The van der Waals surface area contributed by atoms with Crippen molar-refractivity contribution in [3.63, 3.8) is 0 Å². The fraction of sp³-hybridized carbons (Fsp3) is 0.429. The summed E-state index contributed by atoms with van der Waals surface area (Å²) in [6.45, 7) is 7.67. The van der Waals surface area contributed by atoms with Crippen molar-refractivity contribution in [1.29, 1.82) is 0 Å². The first-order valence-corrected chi connectivity index (χ1v) is 7.62. The third-order valence-electron chi connectivity index (χ3n) is 3.32. The summed E-state index contributed by atoms with van der Waals surface area (Å²) in [6, 6.07) is 3.72. The zero-order chi connectivity index (χ0) is 14.5. The van der Waals surface area contributed by atoms with Gasteiger partial charge in [0.15, 0.2) is 0 Å². The summed E-state index contributed by atoms with van der Waals surface area (Å²) in [5, 5.41) is 3.78. The summed E-state index contributed by atoms with van der Waals surface area (Å²) in [5.74, 6) is -0.113. The Labute approximate surface area is 122 Å². The molecule has 108 valence electrons. The van der Waals surface area contributed by atoms with Crippen LogP contribution < -0.4 is 11.1 Å². The van der Waals surface area contributed by atoms with Gasteiger partial charge < -0.3 is 16.0 Å². The van der Waals surface area contributed by atoms with Crippen LogP contribution in [0.4, 0.5) is 5.69 Å². The van der Waals surface area contributed by atoms with Crippen molar-refractivity contribution >= 4 is 33.1 Å². The Morgan fingerprint density at radius 3 is 2.85 bits per heavy atom. The molecule has 0 aliphatic heterocycles. The van der Waals surface area contributed by atoms with Gasteiger partial charge in [0.25, 0.3) is 5.91 Å². The van der Waals surface area contributed by atoms with Crippen LogP contribution in [0.2, 0.25) is 0 Å². The summed E-state index contributed by atoms with van der Waals surface area (Å²) >= 11 is 1.34. The molecule has 20 heavy (non-hydrogen) atoms. The van der Waals surface area contributed by atoms with Gasteiger partial charge in [-0.15, -0.1) is 11.3 Å². The first-order chi connectivity index (χ1) is 9.67. The molecule has 1 amide bonds. The van der Waals surface area contributed by atoms with Gasteiger partial charge in [-0.2, -0.15) is 0 Å². The number of nitrogen functional groups attached to an aromatic ring is 1. The standard InChI is InChI=1S/C14H20N4OS/c1-3-18(4-2)9-8-16-13(19)12-11(15)10-6-5-7-17-14(10)20-12/h5-7H,3-4,8-9,15H2,1-2H3,(H,16,19). The molecule has 6 heteroatoms. The molecule has 0 aromatic carbocycles. The van der Waals surface area contributed by atoms with Gasteiger partial charge in [-0.25, -0.2) is 4.98 Å². The average Bonchev–Trinajstić information content (AvgIpc) is 2.81. The van der Waals surface area contributed by atoms with Crippen LogP contribution in [-0.2, 0) is 0 Å². The second kappa shape index (κ2) is 6.67. The molecule has 0 bridgehead atoms. The summed E-state index contributed by atoms with van der Waals surface area (Å²) in [6.07, 6.45) is 1.71. The lowest BCUT2D eigenvalue weighted by atomic mass is 10.2. The third-order valence-corrected chi connectivity index (χ3v) is 4.45. The Morgan fingerprint density at radius 1 is 1.45 bits per heavy atom. The lowest BCUT2D eigenvalue weighted by molar-refractivity contribution is 0.0954. The van der Waals surface area contributed by atoms with E-state index in [4.69, 9.17) is 5.73 Å². The molecule has 0 saturated heterocycles. The number of rotatable bonds is 6. The minimum atomic E-state index is -0.113. The zero-order valence-corrected chi connectivity index (χ0v) is 12.7. The SMILES string of the molecule is CCN(CC)CCNC(=O)c1sc2ncccc2c1N. The number of fused-ring (bicyclic) bond motifs is 1. The second-order valence-corrected chi connectivity index (χ2v) is 5.48. The molecule has 2 aromatic heterocycles. The van der Waals surface area contributed by atoms with Crippen LogP contribution >= 0.6 is 11.3 Å². The predicted octanol–water partition coefficient (Wildman–Crippen LogP) is 1.95. The van der Waals surface area contributed by atoms with Crippen LogP contribution in [0.15, 0.2) is 18.3 Å². The van der Waals surface area contributed by atoms with Gasteiger partial charge in [-0.3, -0.25) is 4.79 Å². The lowest BCUT2D eigenvalue weighted by Crippen LogP contribution is -2.34. The minimum Gasteiger partial charge on any atom is -0.397 e. The van der Waals surface area contributed by atoms with E-state index in [0.29, 0.717) is 17.1 Å². The van der Waals surface area contributed by atoms with Crippen molar-refractivity contribution in [2.75, 3.05) is 31.9 Å². The minimum absolute atomic E-state index is 0.113. The Balaban J connectivity index is 2.03. The van der Waals surface area contributed by atoms with E-state index in [0.717, 1.165) is 29.9 Å². The summed E-state index contributed by atoms with van der Waals surface area (Å²) < 4.78 is 0. The molecule has 0 saturated carbocycles. The number of thiophene rings is 1. The summed E-state index contributed by atoms with van der Waals surface area (Å²) in [7, 11) is 0. The monoisotopic (exact) mass is 292 g/mol. The van der Waals surface area contributed by atoms with Crippen molar-refractivity contribution < 1.29 is 4.79 Å². The van der Waals surface area contributed by atoms with E-state index in [1.165, 1.54) is 11.3 Å². The van der Waals surface area contributed by atoms with Gasteiger partial charge in [-0.05, 0) is 25.2 Å². The number of carbonyl (C=O) groups is 1. The van der Waals surface area contributed by atoms with Gasteiger partial charge in [0.2, 0.25) is 0 Å². The number of hydrogen-bond donors (Lipinski definition) is 2. The number of likely N-dealkylation sites (N-methyl/N-ethyl adjacent to an activating group) is 1. The molecule has 2 heterocycles. The molecule has 0 atom stereocenters. The Morgan fingerprint density at radius 2 is 2.20 bits per heavy atom. The number of nitrogens with zero attached hydrogens (tertiary/aromatic N) is 2. The largest absolute Gasteiger partial charge is 0.397 e. The highest BCUT2D eigenvalue weighted by Crippen LogP contribution is 2.31. The van der Waals surface area contributed by atoms with Crippen LogP contribution in [0.5, 0.6) is 0 Å². The van der Waals surface area contributed by atoms with Crippen LogP contribution in [0.3, 0.4) is 0 Å². The van der Waals surface area contributed by atoms with Crippen molar-refractivity contribution in [1.82, 2.24) is 15.2 Å². The predicted molar refractivity (Wildman–Crippen MR) is 84.2 cm³/mol. The molecule has 0 radical (unpaired) electrons. The molecule has 0 spiro atoms. The molecule has 0 aliphatic rings. The number of aromatic nitrogens is 1. The normalized spacial score (nSPS) is 11.2. The quantitative estimate of drug-likeness (QED) is 0.853. The van der Waals surface area contributed by atoms with Crippen LogP contribution in [0, 0.1) is 0 Å². The fourth-order valence-electron chi connectivity index (χ4n) is 2.07. The molecule has 0 unspecified atom stereocenters. The molecule has 3 N–H and O–H groups in total. The third kappa shape index (κ3) is 3.08. The molecular formula is C14H20N4OS. The zero-order valence-electron chi connectivity index (χ0n) is 11.8. The number of hydrogen-bond acceptors (Lipinski definition) is 5. The second-order valence-electron chi connectivity index (χ2n) is 4.48. The Hall–Kier alpha value is -1.66. The van der Waals surface area contributed by atoms with Crippen molar-refractivity contribution in [3.8, 4) is 0 Å². The topological polar surface area (TPSA) is 71.2 Å². The van der Waals surface area contributed by atoms with Gasteiger partial charge >= 0.3 is 0 Å². The maximum absolute atomic E-state index is 12.2. The van der Waals surface area contributed by atoms with E-state index in [1.54, 1.807) is 6.20 Å². The van der Waals surface area contributed by atoms with Gasteiger partial charge in [-0.1, -0.05) is 13.8 Å². The lowest BCUT2D eigenvalue weighted by Gasteiger charge is -2.17. The number of nitrogens with two attached hydrogens (primary N) is 1. The molecule has 0 aliphatic carbocycles. The fourth-order valence-corrected chi connectivity index (χ4v) is 3.05. The van der Waals surface area contributed by atoms with Gasteiger partial charge in [0.1, 0.15) is 9.71 Å². The number of carbonyl (C=O) groups excluding carboxylic acids is 1. The highest BCUT2D eigenvalue weighted by atomic mass is 32.1. The molecule has 2 rings (SSSR count). The van der Waals surface area contributed by atoms with Crippen LogP contribution in [0.1, 0.15) is 23.5 Å². The molecule has 2 aromatic rings. The van der Waals surface area contributed by atoms with Gasteiger partial charge in [0, 0.05) is 24.7 Å². The highest BCUT2D eigenvalue weighted by Gasteiger charge is 2.16. The number of nitrogens with one attached hydrogen (secondary N) is 1. The van der Waals surface area contributed by atoms with Crippen molar-refractivity contribution in [2.45, 2.75) is 13.8 Å². The molecule has 5 nitrogen and oxygen atoms in total. The number of amides is 1. The highest BCUT2D eigenvalue weighted by molar-refractivity contribution is 7.21. The van der Waals surface area contributed by atoms with E-state index in [1.807, 2.05) is 12.1 Å². The first kappa shape index (κ1) is 14.7. The maximum Gasteiger partial charge on any atom is 0.263 e. The smallest absolute Gasteiger partial charge is 0.263 e. The van der Waals surface area contributed by atoms with E-state index < -0.39 is 0 Å². The summed E-state index contributed by atoms with van der Waals surface area (Å²) in [5.41, 5.74) is 6.55. The van der Waals surface area contributed by atoms with Crippen molar-refractivity contribution in [3.05, 3.63) is 23.2 Å². The average molecular weight is 292 g/mol. The van der Waals surface area contributed by atoms with Crippen molar-refractivity contribution in [2.24, 2.45) is 0 Å². The Bertz CT molecular complexity index is 592. The van der Waals surface area contributed by atoms with E-state index >= 15 is 0 Å². The Kier molecular flexibility index (Phi) is 4.92. The summed E-state index contributed by atoms with van der Waals surface area (Å²) in [4.78, 5) is 20.0. The van der Waals surface area contributed by atoms with E-state index in [9.17, 15) is 4.79 Å². The van der Waals surface area contributed by atoms with Crippen LogP contribution in [0.25, 0.3) is 10.2 Å². The number of anilines is 1. The first-order valence-electron chi connectivity index (χ1n) is 6.80. The maximum atomic E-state index is 12.2. The van der Waals surface area contributed by atoms with E-state index in [-0.39, 0.29) is 5.91 Å².